The Bertz CT molecular complexity index is 418. The summed E-state index contributed by atoms with van der Waals surface area (Å²) in [4.78, 5) is 12.1. The number of rotatable bonds is 3. The van der Waals surface area contributed by atoms with E-state index in [1.165, 1.54) is 25.7 Å². The molecule has 0 aromatic heterocycles. The lowest BCUT2D eigenvalue weighted by molar-refractivity contribution is -0.147. The summed E-state index contributed by atoms with van der Waals surface area (Å²) in [5, 5.41) is 3.45. The molecule has 19 heavy (non-hydrogen) atoms. The number of carbonyl (C=O) groups is 1. The number of esters is 1. The minimum absolute atomic E-state index is 0.0850. The van der Waals surface area contributed by atoms with Crippen LogP contribution in [-0.2, 0) is 16.1 Å². The zero-order chi connectivity index (χ0) is 13.1. The molecule has 1 aliphatic heterocycles. The summed E-state index contributed by atoms with van der Waals surface area (Å²) in [5.74, 6) is 0.598. The van der Waals surface area contributed by atoms with E-state index in [0.717, 1.165) is 12.0 Å². The predicted octanol–water partition coefficient (Wildman–Crippen LogP) is 2.65. The lowest BCUT2D eigenvalue weighted by Gasteiger charge is -2.24. The van der Waals surface area contributed by atoms with Crippen LogP contribution in [0.15, 0.2) is 30.3 Å². The van der Waals surface area contributed by atoms with Gasteiger partial charge in [-0.15, -0.1) is 0 Å². The summed E-state index contributed by atoms with van der Waals surface area (Å²) in [6.07, 6.45) is 6.04. The first-order valence-corrected chi connectivity index (χ1v) is 7.29. The van der Waals surface area contributed by atoms with Crippen LogP contribution in [-0.4, -0.2) is 18.1 Å². The molecule has 1 heterocycles. The topological polar surface area (TPSA) is 38.3 Å². The Morgan fingerprint density at radius 1 is 1.21 bits per heavy atom. The second-order valence-corrected chi connectivity index (χ2v) is 5.70. The quantitative estimate of drug-likeness (QED) is 0.848. The first-order chi connectivity index (χ1) is 9.33. The van der Waals surface area contributed by atoms with E-state index in [1.807, 2.05) is 30.3 Å². The van der Waals surface area contributed by atoms with Crippen molar-refractivity contribution < 1.29 is 9.53 Å². The van der Waals surface area contributed by atoms with Crippen molar-refractivity contribution in [2.45, 2.75) is 50.8 Å². The predicted molar refractivity (Wildman–Crippen MR) is 73.5 cm³/mol. The van der Waals surface area contributed by atoms with Crippen LogP contribution in [0, 0.1) is 5.92 Å². The van der Waals surface area contributed by atoms with Crippen LogP contribution < -0.4 is 5.32 Å². The van der Waals surface area contributed by atoms with Crippen LogP contribution in [0.1, 0.15) is 37.7 Å². The largest absolute Gasteiger partial charge is 0.460 e. The van der Waals surface area contributed by atoms with Crippen LogP contribution in [0.2, 0.25) is 0 Å². The molecule has 1 unspecified atom stereocenters. The molecular weight excluding hydrogens is 238 g/mol. The standard InChI is InChI=1S/C16H21NO2/c18-16(19-11-12-6-2-1-3-7-12)15-10-13-8-4-5-9-14(13)17-15/h1-3,6-7,13-15,17H,4-5,8-11H2/t13?,14-,15-/m0/s1. The van der Waals surface area contributed by atoms with Crippen LogP contribution in [0.3, 0.4) is 0 Å². The van der Waals surface area contributed by atoms with Crippen molar-refractivity contribution in [2.24, 2.45) is 5.92 Å². The number of ether oxygens (including phenoxy) is 1. The molecule has 1 saturated carbocycles. The van der Waals surface area contributed by atoms with Crippen molar-refractivity contribution in [3.8, 4) is 0 Å². The number of benzene rings is 1. The number of hydrogen-bond donors (Lipinski definition) is 1. The van der Waals surface area contributed by atoms with Gasteiger partial charge in [0, 0.05) is 6.04 Å². The maximum absolute atomic E-state index is 12.1. The lowest BCUT2D eigenvalue weighted by Crippen LogP contribution is -2.37. The summed E-state index contributed by atoms with van der Waals surface area (Å²) in [6, 6.07) is 10.3. The van der Waals surface area contributed by atoms with Gasteiger partial charge in [0.2, 0.25) is 0 Å². The van der Waals surface area contributed by atoms with Gasteiger partial charge in [0.05, 0.1) is 0 Å². The first-order valence-electron chi connectivity index (χ1n) is 7.29. The molecule has 3 heteroatoms. The fourth-order valence-electron chi connectivity index (χ4n) is 3.33. The summed E-state index contributed by atoms with van der Waals surface area (Å²) in [7, 11) is 0. The third kappa shape index (κ3) is 2.98. The molecule has 1 aromatic rings. The molecule has 1 aromatic carbocycles. The monoisotopic (exact) mass is 259 g/mol. The van der Waals surface area contributed by atoms with Gasteiger partial charge in [-0.3, -0.25) is 4.79 Å². The van der Waals surface area contributed by atoms with E-state index in [4.69, 9.17) is 4.74 Å². The smallest absolute Gasteiger partial charge is 0.323 e. The molecule has 1 N–H and O–H groups in total. The molecule has 102 valence electrons. The summed E-state index contributed by atoms with van der Waals surface area (Å²) >= 11 is 0. The van der Waals surface area contributed by atoms with E-state index in [2.05, 4.69) is 5.32 Å². The normalized spacial score (nSPS) is 29.8. The molecule has 1 aliphatic carbocycles. The molecule has 0 amide bonds. The second kappa shape index (κ2) is 5.74. The lowest BCUT2D eigenvalue weighted by atomic mass is 9.85. The summed E-state index contributed by atoms with van der Waals surface area (Å²) in [6.45, 7) is 0.382. The molecule has 3 nitrogen and oxygen atoms in total. The van der Waals surface area contributed by atoms with Crippen LogP contribution in [0.5, 0.6) is 0 Å². The Kier molecular flexibility index (Phi) is 3.83. The van der Waals surface area contributed by atoms with Gasteiger partial charge in [0.1, 0.15) is 12.6 Å². The van der Waals surface area contributed by atoms with Gasteiger partial charge in [0.15, 0.2) is 0 Å². The van der Waals surface area contributed by atoms with Crippen LogP contribution >= 0.6 is 0 Å². The average Bonchev–Trinajstić information content (AvgIpc) is 2.90. The Labute approximate surface area is 114 Å². The highest BCUT2D eigenvalue weighted by atomic mass is 16.5. The molecule has 2 fully saturated rings. The van der Waals surface area contributed by atoms with Gasteiger partial charge in [-0.2, -0.15) is 0 Å². The SMILES string of the molecule is O=C(OCc1ccccc1)[C@@H]1CC2CCCC[C@@H]2N1. The molecule has 2 aliphatic rings. The third-order valence-corrected chi connectivity index (χ3v) is 4.37. The maximum atomic E-state index is 12.1. The van der Waals surface area contributed by atoms with Gasteiger partial charge in [-0.05, 0) is 30.7 Å². The van der Waals surface area contributed by atoms with E-state index >= 15 is 0 Å². The van der Waals surface area contributed by atoms with E-state index in [-0.39, 0.29) is 12.0 Å². The molecule has 0 spiro atoms. The number of carbonyl (C=O) groups excluding carboxylic acids is 1. The molecule has 0 bridgehead atoms. The minimum atomic E-state index is -0.0863. The minimum Gasteiger partial charge on any atom is -0.460 e. The van der Waals surface area contributed by atoms with E-state index in [9.17, 15) is 4.79 Å². The van der Waals surface area contributed by atoms with Crippen molar-refractivity contribution in [2.75, 3.05) is 0 Å². The molecule has 3 atom stereocenters. The highest BCUT2D eigenvalue weighted by molar-refractivity contribution is 5.76. The summed E-state index contributed by atoms with van der Waals surface area (Å²) in [5.41, 5.74) is 1.05. The fraction of sp³-hybridized carbons (Fsp3) is 0.562. The highest BCUT2D eigenvalue weighted by Crippen LogP contribution is 2.33. The van der Waals surface area contributed by atoms with Gasteiger partial charge >= 0.3 is 5.97 Å². The molecule has 1 saturated heterocycles. The van der Waals surface area contributed by atoms with E-state index in [1.54, 1.807) is 0 Å². The third-order valence-electron chi connectivity index (χ3n) is 4.37. The van der Waals surface area contributed by atoms with Crippen molar-refractivity contribution >= 4 is 5.97 Å². The van der Waals surface area contributed by atoms with Crippen molar-refractivity contribution in [1.29, 1.82) is 0 Å². The Hall–Kier alpha value is -1.35. The first kappa shape index (κ1) is 12.7. The maximum Gasteiger partial charge on any atom is 0.323 e. The highest BCUT2D eigenvalue weighted by Gasteiger charge is 2.38. The molecule has 0 radical (unpaired) electrons. The van der Waals surface area contributed by atoms with Crippen molar-refractivity contribution in [3.63, 3.8) is 0 Å². The fourth-order valence-corrected chi connectivity index (χ4v) is 3.33. The number of fused-ring (bicyclic) bond motifs is 1. The summed E-state index contributed by atoms with van der Waals surface area (Å²) < 4.78 is 5.42. The van der Waals surface area contributed by atoms with Gasteiger partial charge in [0.25, 0.3) is 0 Å². The average molecular weight is 259 g/mol. The zero-order valence-electron chi connectivity index (χ0n) is 11.2. The second-order valence-electron chi connectivity index (χ2n) is 5.70. The molecule has 3 rings (SSSR count). The Morgan fingerprint density at radius 2 is 2.00 bits per heavy atom. The number of nitrogens with one attached hydrogen (secondary N) is 1. The van der Waals surface area contributed by atoms with Gasteiger partial charge in [-0.1, -0.05) is 43.2 Å². The van der Waals surface area contributed by atoms with Crippen molar-refractivity contribution in [1.82, 2.24) is 5.32 Å². The van der Waals surface area contributed by atoms with Crippen LogP contribution in [0.4, 0.5) is 0 Å². The number of hydrogen-bond acceptors (Lipinski definition) is 3. The van der Waals surface area contributed by atoms with E-state index in [0.29, 0.717) is 18.6 Å². The Morgan fingerprint density at radius 3 is 2.79 bits per heavy atom. The van der Waals surface area contributed by atoms with E-state index < -0.39 is 0 Å². The van der Waals surface area contributed by atoms with Crippen molar-refractivity contribution in [3.05, 3.63) is 35.9 Å². The van der Waals surface area contributed by atoms with Gasteiger partial charge < -0.3 is 10.1 Å². The van der Waals surface area contributed by atoms with Gasteiger partial charge in [-0.25, -0.2) is 0 Å². The van der Waals surface area contributed by atoms with Crippen LogP contribution in [0.25, 0.3) is 0 Å². The zero-order valence-corrected chi connectivity index (χ0v) is 11.2. The Balaban J connectivity index is 1.51. The molecular formula is C16H21NO2.